The van der Waals surface area contributed by atoms with Gasteiger partial charge in [-0.25, -0.2) is 4.39 Å². The van der Waals surface area contributed by atoms with Crippen molar-refractivity contribution >= 4 is 34.4 Å². The maximum Gasteiger partial charge on any atom is 0.179 e. The maximum absolute atomic E-state index is 13.0. The summed E-state index contributed by atoms with van der Waals surface area (Å²) in [5, 5.41) is 9.12. The van der Waals surface area contributed by atoms with Crippen molar-refractivity contribution in [2.75, 3.05) is 6.26 Å². The van der Waals surface area contributed by atoms with Gasteiger partial charge >= 0.3 is 0 Å². The molecular formula is C7H6FIOS. The number of hydrogen-bond acceptors (Lipinski definition) is 2. The molecule has 0 atom stereocenters. The van der Waals surface area contributed by atoms with Crippen molar-refractivity contribution < 1.29 is 9.50 Å². The van der Waals surface area contributed by atoms with Gasteiger partial charge in [-0.1, -0.05) is 0 Å². The zero-order valence-corrected chi connectivity index (χ0v) is 8.74. The second kappa shape index (κ2) is 3.62. The molecule has 1 nitrogen and oxygen atoms in total. The van der Waals surface area contributed by atoms with Crippen LogP contribution in [0, 0.1) is 9.39 Å². The van der Waals surface area contributed by atoms with Crippen LogP contribution in [-0.2, 0) is 0 Å². The molecule has 1 rings (SSSR count). The number of benzene rings is 1. The molecule has 1 N–H and O–H groups in total. The van der Waals surface area contributed by atoms with E-state index in [1.165, 1.54) is 11.8 Å². The number of aromatic hydroxyl groups is 1. The largest absolute Gasteiger partial charge is 0.504 e. The molecular weight excluding hydrogens is 278 g/mol. The number of phenols is 1. The van der Waals surface area contributed by atoms with Gasteiger partial charge in [0.15, 0.2) is 11.6 Å². The first-order chi connectivity index (χ1) is 5.16. The van der Waals surface area contributed by atoms with Crippen LogP contribution in [0.15, 0.2) is 17.0 Å². The van der Waals surface area contributed by atoms with Gasteiger partial charge in [0, 0.05) is 4.90 Å². The van der Waals surface area contributed by atoms with E-state index in [1.807, 2.05) is 22.6 Å². The Morgan fingerprint density at radius 1 is 1.55 bits per heavy atom. The first-order valence-corrected chi connectivity index (χ1v) is 5.18. The van der Waals surface area contributed by atoms with E-state index in [1.54, 1.807) is 18.4 Å². The number of rotatable bonds is 1. The zero-order chi connectivity index (χ0) is 8.43. The molecule has 0 saturated heterocycles. The van der Waals surface area contributed by atoms with E-state index in [-0.39, 0.29) is 5.75 Å². The lowest BCUT2D eigenvalue weighted by molar-refractivity contribution is 0.421. The lowest BCUT2D eigenvalue weighted by atomic mass is 10.3. The van der Waals surface area contributed by atoms with Crippen molar-refractivity contribution in [1.29, 1.82) is 0 Å². The smallest absolute Gasteiger partial charge is 0.179 e. The van der Waals surface area contributed by atoms with E-state index in [2.05, 4.69) is 0 Å². The molecule has 0 fully saturated rings. The van der Waals surface area contributed by atoms with E-state index in [9.17, 15) is 4.39 Å². The number of thioether (sulfide) groups is 1. The molecule has 0 aliphatic rings. The van der Waals surface area contributed by atoms with Crippen molar-refractivity contribution in [3.05, 3.63) is 21.5 Å². The van der Waals surface area contributed by atoms with E-state index in [4.69, 9.17) is 5.11 Å². The first-order valence-electron chi connectivity index (χ1n) is 2.87. The van der Waals surface area contributed by atoms with E-state index in [0.717, 1.165) is 0 Å². The fraction of sp³-hybridized carbons (Fsp3) is 0.143. The molecule has 0 aromatic heterocycles. The summed E-state index contributed by atoms with van der Waals surface area (Å²) in [5.74, 6) is -0.776. The summed E-state index contributed by atoms with van der Waals surface area (Å²) in [4.78, 5) is 0.475. The Hall–Kier alpha value is 0.0300. The highest BCUT2D eigenvalue weighted by atomic mass is 127. The highest BCUT2D eigenvalue weighted by Gasteiger charge is 2.08. The van der Waals surface area contributed by atoms with Crippen molar-refractivity contribution in [1.82, 2.24) is 0 Å². The molecule has 0 aliphatic heterocycles. The summed E-state index contributed by atoms with van der Waals surface area (Å²) in [6.07, 6.45) is 1.77. The Kier molecular flexibility index (Phi) is 3.00. The Morgan fingerprint density at radius 2 is 2.18 bits per heavy atom. The first kappa shape index (κ1) is 9.12. The van der Waals surface area contributed by atoms with Crippen LogP contribution in [0.1, 0.15) is 0 Å². The summed E-state index contributed by atoms with van der Waals surface area (Å²) in [7, 11) is 0. The standard InChI is InChI=1S/C7H6FIOS/c1-11-5-3-2-4(9)7(10)6(5)8/h2-3,10H,1H3. The molecule has 1 aromatic carbocycles. The van der Waals surface area contributed by atoms with Crippen molar-refractivity contribution in [2.45, 2.75) is 4.90 Å². The Morgan fingerprint density at radius 3 is 2.73 bits per heavy atom. The van der Waals surface area contributed by atoms with Crippen LogP contribution >= 0.6 is 34.4 Å². The van der Waals surface area contributed by atoms with Gasteiger partial charge in [0.05, 0.1) is 3.57 Å². The minimum Gasteiger partial charge on any atom is -0.504 e. The third kappa shape index (κ3) is 1.79. The van der Waals surface area contributed by atoms with Crippen LogP contribution in [-0.4, -0.2) is 11.4 Å². The van der Waals surface area contributed by atoms with Gasteiger partial charge in [0.2, 0.25) is 0 Å². The van der Waals surface area contributed by atoms with Crippen molar-refractivity contribution in [3.8, 4) is 5.75 Å². The third-order valence-corrected chi connectivity index (χ3v) is 2.88. The molecule has 0 radical (unpaired) electrons. The SMILES string of the molecule is CSc1ccc(I)c(O)c1F. The molecule has 0 unspecified atom stereocenters. The predicted octanol–water partition coefficient (Wildman–Crippen LogP) is 2.86. The molecule has 0 saturated carbocycles. The molecule has 0 aliphatic carbocycles. The topological polar surface area (TPSA) is 20.2 Å². The summed E-state index contributed by atoms with van der Waals surface area (Å²) < 4.78 is 13.5. The quantitative estimate of drug-likeness (QED) is 0.632. The molecule has 4 heteroatoms. The van der Waals surface area contributed by atoms with Crippen LogP contribution in [0.4, 0.5) is 4.39 Å². The van der Waals surface area contributed by atoms with Crippen LogP contribution in [0.3, 0.4) is 0 Å². The van der Waals surface area contributed by atoms with Gasteiger partial charge in [0.1, 0.15) is 0 Å². The predicted molar refractivity (Wildman–Crippen MR) is 52.6 cm³/mol. The van der Waals surface area contributed by atoms with Gasteiger partial charge in [-0.3, -0.25) is 0 Å². The van der Waals surface area contributed by atoms with E-state index >= 15 is 0 Å². The highest BCUT2D eigenvalue weighted by molar-refractivity contribution is 14.1. The summed E-state index contributed by atoms with van der Waals surface area (Å²) in [5.41, 5.74) is 0. The maximum atomic E-state index is 13.0. The fourth-order valence-electron chi connectivity index (χ4n) is 0.680. The Labute approximate surface area is 82.1 Å². The van der Waals surface area contributed by atoms with E-state index < -0.39 is 5.82 Å². The van der Waals surface area contributed by atoms with Crippen LogP contribution in [0.25, 0.3) is 0 Å². The second-order valence-corrected chi connectivity index (χ2v) is 3.92. The number of halogens is 2. The summed E-state index contributed by atoms with van der Waals surface area (Å²) in [6.45, 7) is 0. The van der Waals surface area contributed by atoms with Gasteiger partial charge in [-0.15, -0.1) is 11.8 Å². The van der Waals surface area contributed by atoms with Gasteiger partial charge in [0.25, 0.3) is 0 Å². The van der Waals surface area contributed by atoms with Crippen LogP contribution in [0.5, 0.6) is 5.75 Å². The summed E-state index contributed by atoms with van der Waals surface area (Å²) in [6, 6.07) is 3.34. The monoisotopic (exact) mass is 284 g/mol. The number of phenolic OH excluding ortho intramolecular Hbond substituents is 1. The van der Waals surface area contributed by atoms with Gasteiger partial charge < -0.3 is 5.11 Å². The molecule has 0 spiro atoms. The minimum atomic E-state index is -0.524. The van der Waals surface area contributed by atoms with Crippen molar-refractivity contribution in [3.63, 3.8) is 0 Å². The van der Waals surface area contributed by atoms with Crippen LogP contribution in [0.2, 0.25) is 0 Å². The molecule has 0 amide bonds. The molecule has 11 heavy (non-hydrogen) atoms. The molecule has 1 aromatic rings. The Bertz CT molecular complexity index is 277. The zero-order valence-electron chi connectivity index (χ0n) is 5.77. The van der Waals surface area contributed by atoms with Crippen molar-refractivity contribution in [2.24, 2.45) is 0 Å². The fourth-order valence-corrected chi connectivity index (χ4v) is 1.58. The lowest BCUT2D eigenvalue weighted by Crippen LogP contribution is -1.83. The van der Waals surface area contributed by atoms with E-state index in [0.29, 0.717) is 8.47 Å². The normalized spacial score (nSPS) is 10.1. The number of hydrogen-bond donors (Lipinski definition) is 1. The molecule has 60 valence electrons. The lowest BCUT2D eigenvalue weighted by Gasteiger charge is -2.02. The minimum absolute atomic E-state index is 0.252. The highest BCUT2D eigenvalue weighted by Crippen LogP contribution is 2.30. The average Bonchev–Trinajstić information content (AvgIpc) is 2.01. The Balaban J connectivity index is 3.25. The molecule has 0 heterocycles. The van der Waals surface area contributed by atoms with Crippen LogP contribution < -0.4 is 0 Å². The third-order valence-electron chi connectivity index (χ3n) is 1.25. The second-order valence-electron chi connectivity index (χ2n) is 1.91. The molecule has 0 bridgehead atoms. The summed E-state index contributed by atoms with van der Waals surface area (Å²) >= 11 is 3.16. The van der Waals surface area contributed by atoms with Gasteiger partial charge in [-0.2, -0.15) is 0 Å². The van der Waals surface area contributed by atoms with Gasteiger partial charge in [-0.05, 0) is 41.0 Å². The average molecular weight is 284 g/mol.